The van der Waals surface area contributed by atoms with Crippen LogP contribution in [0.3, 0.4) is 0 Å². The predicted molar refractivity (Wildman–Crippen MR) is 108 cm³/mol. The second-order valence-corrected chi connectivity index (χ2v) is 7.82. The normalized spacial score (nSPS) is 14.1. The number of anilines is 2. The van der Waals surface area contributed by atoms with Gasteiger partial charge in [-0.05, 0) is 44.2 Å². The van der Waals surface area contributed by atoms with Crippen LogP contribution < -0.4 is 10.2 Å². The van der Waals surface area contributed by atoms with E-state index in [1.54, 1.807) is 19.1 Å². The zero-order chi connectivity index (χ0) is 19.6. The highest BCUT2D eigenvalue weighted by molar-refractivity contribution is 7.98. The third-order valence-electron chi connectivity index (χ3n) is 4.66. The van der Waals surface area contributed by atoms with Gasteiger partial charge in [-0.2, -0.15) is 0 Å². The van der Waals surface area contributed by atoms with Crippen LogP contribution in [0.2, 0.25) is 0 Å². The second-order valence-electron chi connectivity index (χ2n) is 7.02. The average Bonchev–Trinajstić information content (AvgIpc) is 3.15. The summed E-state index contributed by atoms with van der Waals surface area (Å²) >= 11 is 1.41. The van der Waals surface area contributed by atoms with Gasteiger partial charge in [0.05, 0.1) is 16.9 Å². The first kappa shape index (κ1) is 19.6. The molecular weight excluding hydrogens is 363 g/mol. The fraction of sp³-hybridized carbons (Fsp3) is 0.450. The average molecular weight is 389 g/mol. The number of rotatable bonds is 5. The summed E-state index contributed by atoms with van der Waals surface area (Å²) < 4.78 is 14.5. The van der Waals surface area contributed by atoms with E-state index in [0.717, 1.165) is 31.8 Å². The monoisotopic (exact) mass is 388 g/mol. The number of nitrogens with one attached hydrogen (secondary N) is 1. The number of amides is 1. The Kier molecular flexibility index (Phi) is 5.99. The van der Waals surface area contributed by atoms with Gasteiger partial charge in [0.25, 0.3) is 5.91 Å². The Morgan fingerprint density at radius 2 is 1.96 bits per heavy atom. The first-order valence-electron chi connectivity index (χ1n) is 9.19. The molecule has 0 aliphatic carbocycles. The summed E-state index contributed by atoms with van der Waals surface area (Å²) in [5.74, 6) is 0.261. The van der Waals surface area contributed by atoms with Crippen molar-refractivity contribution in [2.75, 3.05) is 29.6 Å². The maximum Gasteiger partial charge on any atom is 0.260 e. The smallest absolute Gasteiger partial charge is 0.260 e. The second kappa shape index (κ2) is 8.25. The van der Waals surface area contributed by atoms with E-state index in [9.17, 15) is 9.18 Å². The van der Waals surface area contributed by atoms with Crippen molar-refractivity contribution in [2.24, 2.45) is 0 Å². The molecule has 1 amide bonds. The van der Waals surface area contributed by atoms with Gasteiger partial charge in [-0.1, -0.05) is 13.8 Å². The van der Waals surface area contributed by atoms with E-state index in [-0.39, 0.29) is 17.6 Å². The highest BCUT2D eigenvalue weighted by atomic mass is 32.2. The number of hydrogen-bond donors (Lipinski definition) is 1. The number of benzene rings is 1. The molecule has 5 nitrogen and oxygen atoms in total. The zero-order valence-corrected chi connectivity index (χ0v) is 17.0. The van der Waals surface area contributed by atoms with Crippen LogP contribution in [-0.4, -0.2) is 35.2 Å². The number of carbonyl (C=O) groups excluding carboxylic acids is 1. The minimum Gasteiger partial charge on any atom is -0.369 e. The molecule has 1 aliphatic heterocycles. The first-order valence-corrected chi connectivity index (χ1v) is 10.4. The van der Waals surface area contributed by atoms with E-state index in [1.807, 2.05) is 25.0 Å². The highest BCUT2D eigenvalue weighted by Crippen LogP contribution is 2.28. The fourth-order valence-corrected chi connectivity index (χ4v) is 3.86. The summed E-state index contributed by atoms with van der Waals surface area (Å²) in [6, 6.07) is 4.85. The molecule has 3 rings (SSSR count). The molecule has 1 aromatic heterocycles. The molecule has 7 heteroatoms. The van der Waals surface area contributed by atoms with Crippen molar-refractivity contribution >= 4 is 29.0 Å². The molecule has 0 spiro atoms. The largest absolute Gasteiger partial charge is 0.369 e. The Morgan fingerprint density at radius 1 is 1.26 bits per heavy atom. The topological polar surface area (TPSA) is 58.1 Å². The van der Waals surface area contributed by atoms with Crippen LogP contribution in [0.4, 0.5) is 15.8 Å². The van der Waals surface area contributed by atoms with Crippen molar-refractivity contribution in [3.63, 3.8) is 0 Å². The van der Waals surface area contributed by atoms with Gasteiger partial charge in [-0.3, -0.25) is 4.79 Å². The van der Waals surface area contributed by atoms with Gasteiger partial charge in [-0.25, -0.2) is 14.4 Å². The number of aryl methyl sites for hydroxylation is 1. The Hall–Kier alpha value is -2.15. The molecule has 1 fully saturated rings. The van der Waals surface area contributed by atoms with Crippen molar-refractivity contribution < 1.29 is 9.18 Å². The van der Waals surface area contributed by atoms with Crippen LogP contribution in [-0.2, 0) is 0 Å². The number of thioether (sulfide) groups is 1. The molecule has 27 heavy (non-hydrogen) atoms. The third kappa shape index (κ3) is 4.24. The lowest BCUT2D eigenvalue weighted by molar-refractivity contribution is 0.102. The lowest BCUT2D eigenvalue weighted by atomic mass is 10.1. The van der Waals surface area contributed by atoms with Gasteiger partial charge in [-0.15, -0.1) is 11.8 Å². The SMILES string of the molecule is CSc1nc(C(C)C)nc(C)c1C(=O)Nc1ccc(N2CCCC2)c(F)c1. The van der Waals surface area contributed by atoms with Crippen molar-refractivity contribution in [1.29, 1.82) is 0 Å². The fourth-order valence-electron chi connectivity index (χ4n) is 3.23. The predicted octanol–water partition coefficient (Wildman–Crippen LogP) is 4.62. The van der Waals surface area contributed by atoms with E-state index in [2.05, 4.69) is 15.3 Å². The van der Waals surface area contributed by atoms with Crippen LogP contribution in [0.5, 0.6) is 0 Å². The molecule has 0 atom stereocenters. The Balaban J connectivity index is 1.84. The summed E-state index contributed by atoms with van der Waals surface area (Å²) in [5, 5.41) is 3.43. The molecule has 1 N–H and O–H groups in total. The molecule has 0 bridgehead atoms. The molecule has 1 aromatic carbocycles. The number of aromatic nitrogens is 2. The lowest BCUT2D eigenvalue weighted by Crippen LogP contribution is -2.20. The van der Waals surface area contributed by atoms with Gasteiger partial charge >= 0.3 is 0 Å². The molecule has 0 radical (unpaired) electrons. The quantitative estimate of drug-likeness (QED) is 0.598. The molecule has 0 unspecified atom stereocenters. The molecule has 1 saturated heterocycles. The van der Waals surface area contributed by atoms with Gasteiger partial charge in [0.15, 0.2) is 0 Å². The summed E-state index contributed by atoms with van der Waals surface area (Å²) in [7, 11) is 0. The number of hydrogen-bond acceptors (Lipinski definition) is 5. The summed E-state index contributed by atoms with van der Waals surface area (Å²) in [5.41, 5.74) is 2.09. The van der Waals surface area contributed by atoms with Crippen molar-refractivity contribution in [3.8, 4) is 0 Å². The number of halogens is 1. The van der Waals surface area contributed by atoms with Crippen molar-refractivity contribution in [3.05, 3.63) is 41.1 Å². The van der Waals surface area contributed by atoms with Crippen LogP contribution >= 0.6 is 11.8 Å². The molecular formula is C20H25FN4OS. The van der Waals surface area contributed by atoms with Gasteiger partial charge < -0.3 is 10.2 Å². The first-order chi connectivity index (χ1) is 12.9. The number of nitrogens with zero attached hydrogens (tertiary/aromatic N) is 3. The minimum absolute atomic E-state index is 0.180. The Morgan fingerprint density at radius 3 is 2.56 bits per heavy atom. The van der Waals surface area contributed by atoms with Crippen LogP contribution in [0.25, 0.3) is 0 Å². The van der Waals surface area contributed by atoms with Crippen molar-refractivity contribution in [2.45, 2.75) is 44.6 Å². The van der Waals surface area contributed by atoms with E-state index >= 15 is 0 Å². The molecule has 0 saturated carbocycles. The molecule has 2 aromatic rings. The van der Waals surface area contributed by atoms with Crippen molar-refractivity contribution in [1.82, 2.24) is 9.97 Å². The van der Waals surface area contributed by atoms with Crippen LogP contribution in [0.15, 0.2) is 23.2 Å². The number of carbonyl (C=O) groups is 1. The Labute approximate surface area is 163 Å². The standard InChI is InChI=1S/C20H25FN4OS/c1-12(2)18-22-13(3)17(20(24-18)27-4)19(26)23-14-7-8-16(15(21)11-14)25-9-5-6-10-25/h7-8,11-12H,5-6,9-10H2,1-4H3,(H,23,26). The maximum absolute atomic E-state index is 14.5. The van der Waals surface area contributed by atoms with E-state index < -0.39 is 0 Å². The van der Waals surface area contributed by atoms with Crippen LogP contribution in [0.1, 0.15) is 54.5 Å². The van der Waals surface area contributed by atoms with Gasteiger partial charge in [0.2, 0.25) is 0 Å². The molecule has 1 aliphatic rings. The summed E-state index contributed by atoms with van der Waals surface area (Å²) in [4.78, 5) is 23.8. The highest BCUT2D eigenvalue weighted by Gasteiger charge is 2.21. The van der Waals surface area contributed by atoms with E-state index in [1.165, 1.54) is 17.8 Å². The zero-order valence-electron chi connectivity index (χ0n) is 16.2. The van der Waals surface area contributed by atoms with Crippen LogP contribution in [0, 0.1) is 12.7 Å². The van der Waals surface area contributed by atoms with Gasteiger partial charge in [0.1, 0.15) is 16.7 Å². The Bertz CT molecular complexity index is 850. The molecule has 2 heterocycles. The summed E-state index contributed by atoms with van der Waals surface area (Å²) in [6.45, 7) is 7.59. The molecule has 144 valence electrons. The van der Waals surface area contributed by atoms with E-state index in [4.69, 9.17) is 0 Å². The lowest BCUT2D eigenvalue weighted by Gasteiger charge is -2.19. The minimum atomic E-state index is -0.319. The third-order valence-corrected chi connectivity index (χ3v) is 5.35. The summed E-state index contributed by atoms with van der Waals surface area (Å²) in [6.07, 6.45) is 4.05. The van der Waals surface area contributed by atoms with E-state index in [0.29, 0.717) is 27.7 Å². The van der Waals surface area contributed by atoms with Gasteiger partial charge in [0, 0.05) is 24.7 Å². The maximum atomic E-state index is 14.5.